The lowest BCUT2D eigenvalue weighted by Gasteiger charge is -2.11. The van der Waals surface area contributed by atoms with Crippen LogP contribution in [0.15, 0.2) is 53.8 Å². The van der Waals surface area contributed by atoms with Gasteiger partial charge in [-0.15, -0.1) is 0 Å². The predicted octanol–water partition coefficient (Wildman–Crippen LogP) is 4.29. The van der Waals surface area contributed by atoms with Crippen molar-refractivity contribution in [2.45, 2.75) is 25.5 Å². The third-order valence-corrected chi connectivity index (χ3v) is 5.65. The second-order valence-corrected chi connectivity index (χ2v) is 7.62. The van der Waals surface area contributed by atoms with Crippen molar-refractivity contribution in [2.75, 3.05) is 17.7 Å². The van der Waals surface area contributed by atoms with Crippen molar-refractivity contribution < 1.29 is 9.53 Å². The Kier molecular flexibility index (Phi) is 4.90. The van der Waals surface area contributed by atoms with E-state index in [0.717, 1.165) is 51.3 Å². The van der Waals surface area contributed by atoms with Crippen LogP contribution in [-0.2, 0) is 11.3 Å². The van der Waals surface area contributed by atoms with Gasteiger partial charge in [0, 0.05) is 29.7 Å². The molecule has 0 atom stereocenters. The summed E-state index contributed by atoms with van der Waals surface area (Å²) in [5, 5.41) is 3.95. The molecule has 2 heterocycles. The number of carbonyl (C=O) groups is 1. The zero-order chi connectivity index (χ0) is 18.8. The van der Waals surface area contributed by atoms with Crippen molar-refractivity contribution >= 4 is 23.4 Å². The molecule has 0 fully saturated rings. The Bertz CT molecular complexity index is 958. The second kappa shape index (κ2) is 7.48. The largest absolute Gasteiger partial charge is 0.483 e. The number of thioether (sulfide) groups is 1. The first-order valence-electron chi connectivity index (χ1n) is 8.89. The summed E-state index contributed by atoms with van der Waals surface area (Å²) in [4.78, 5) is 16.8. The van der Waals surface area contributed by atoms with Crippen LogP contribution in [0.5, 0.6) is 5.75 Å². The van der Waals surface area contributed by atoms with Crippen molar-refractivity contribution in [3.63, 3.8) is 0 Å². The van der Waals surface area contributed by atoms with Gasteiger partial charge in [-0.3, -0.25) is 4.79 Å². The van der Waals surface area contributed by atoms with E-state index in [1.165, 1.54) is 0 Å². The van der Waals surface area contributed by atoms with Gasteiger partial charge in [0.25, 0.3) is 5.91 Å². The Morgan fingerprint density at radius 3 is 2.81 bits per heavy atom. The molecule has 1 aromatic heterocycles. The minimum atomic E-state index is -0.180. The molecular formula is C21H21N3O2S. The molecular weight excluding hydrogens is 358 g/mol. The van der Waals surface area contributed by atoms with E-state index in [0.29, 0.717) is 0 Å². The molecule has 138 valence electrons. The van der Waals surface area contributed by atoms with Crippen LogP contribution in [-0.4, -0.2) is 27.8 Å². The maximum Gasteiger partial charge on any atom is 0.262 e. The highest BCUT2D eigenvalue weighted by Crippen LogP contribution is 2.29. The van der Waals surface area contributed by atoms with Crippen molar-refractivity contribution in [2.24, 2.45) is 0 Å². The highest BCUT2D eigenvalue weighted by molar-refractivity contribution is 7.99. The van der Waals surface area contributed by atoms with Crippen LogP contribution in [0.4, 0.5) is 5.69 Å². The fraction of sp³-hybridized carbons (Fsp3) is 0.238. The lowest BCUT2D eigenvalue weighted by atomic mass is 10.1. The van der Waals surface area contributed by atoms with E-state index in [4.69, 9.17) is 4.74 Å². The van der Waals surface area contributed by atoms with E-state index in [1.807, 2.05) is 56.3 Å². The molecule has 1 aliphatic heterocycles. The number of hydrogen-bond donors (Lipinski definition) is 1. The monoisotopic (exact) mass is 379 g/mol. The van der Waals surface area contributed by atoms with Gasteiger partial charge in [0.2, 0.25) is 0 Å². The number of nitrogens with zero attached hydrogens (tertiary/aromatic N) is 2. The summed E-state index contributed by atoms with van der Waals surface area (Å²) in [6.07, 6.45) is 2.08. The summed E-state index contributed by atoms with van der Waals surface area (Å²) in [7, 11) is 0. The van der Waals surface area contributed by atoms with Crippen LogP contribution in [0.2, 0.25) is 0 Å². The zero-order valence-corrected chi connectivity index (χ0v) is 16.2. The van der Waals surface area contributed by atoms with Gasteiger partial charge in [-0.25, -0.2) is 4.98 Å². The fourth-order valence-electron chi connectivity index (χ4n) is 2.99. The molecule has 2 aromatic carbocycles. The molecule has 1 amide bonds. The Labute approximate surface area is 162 Å². The number of ether oxygens (including phenoxy) is 1. The topological polar surface area (TPSA) is 56.1 Å². The molecule has 6 heteroatoms. The van der Waals surface area contributed by atoms with Crippen LogP contribution >= 0.6 is 11.8 Å². The zero-order valence-electron chi connectivity index (χ0n) is 15.4. The fourth-order valence-corrected chi connectivity index (χ4v) is 3.94. The Morgan fingerprint density at radius 2 is 2.04 bits per heavy atom. The lowest BCUT2D eigenvalue weighted by molar-refractivity contribution is -0.118. The van der Waals surface area contributed by atoms with E-state index in [9.17, 15) is 4.79 Å². The van der Waals surface area contributed by atoms with Crippen molar-refractivity contribution in [1.82, 2.24) is 9.55 Å². The van der Waals surface area contributed by atoms with Gasteiger partial charge in [-0.05, 0) is 43.2 Å². The number of nitrogens with one attached hydrogen (secondary N) is 1. The number of aromatic nitrogens is 2. The molecule has 0 spiro atoms. The molecule has 5 nitrogen and oxygen atoms in total. The molecule has 0 saturated carbocycles. The molecule has 4 rings (SSSR count). The maximum absolute atomic E-state index is 12.2. The SMILES string of the molecule is Cc1cccc(OCC(=O)Nc2ccc(-c3cn4c(n3)SCC4)cc2)c1C. The highest BCUT2D eigenvalue weighted by Gasteiger charge is 2.15. The lowest BCUT2D eigenvalue weighted by Crippen LogP contribution is -2.20. The molecule has 3 aromatic rings. The van der Waals surface area contributed by atoms with E-state index in [2.05, 4.69) is 21.1 Å². The van der Waals surface area contributed by atoms with Crippen molar-refractivity contribution in [1.29, 1.82) is 0 Å². The Morgan fingerprint density at radius 1 is 1.22 bits per heavy atom. The number of carbonyl (C=O) groups excluding carboxylic acids is 1. The van der Waals surface area contributed by atoms with Crippen LogP contribution in [0.3, 0.4) is 0 Å². The van der Waals surface area contributed by atoms with Crippen molar-refractivity contribution in [3.8, 4) is 17.0 Å². The number of aryl methyl sites for hydroxylation is 2. The standard InChI is InChI=1S/C21H21N3O2S/c1-14-4-3-5-19(15(14)2)26-13-20(25)22-17-8-6-16(7-9-17)18-12-24-10-11-27-21(24)23-18/h3-9,12H,10-11,13H2,1-2H3,(H,22,25). The summed E-state index contributed by atoms with van der Waals surface area (Å²) in [6, 6.07) is 13.6. The Balaban J connectivity index is 1.36. The van der Waals surface area contributed by atoms with Gasteiger partial charge in [0.1, 0.15) is 5.75 Å². The summed E-state index contributed by atoms with van der Waals surface area (Å²) in [5.74, 6) is 1.66. The number of fused-ring (bicyclic) bond motifs is 1. The number of anilines is 1. The van der Waals surface area contributed by atoms with Crippen LogP contribution in [0.1, 0.15) is 11.1 Å². The number of imidazole rings is 1. The average Bonchev–Trinajstić information content (AvgIpc) is 3.26. The normalized spacial score (nSPS) is 12.7. The molecule has 0 saturated heterocycles. The van der Waals surface area contributed by atoms with Crippen LogP contribution in [0, 0.1) is 13.8 Å². The third-order valence-electron chi connectivity index (χ3n) is 4.68. The van der Waals surface area contributed by atoms with E-state index < -0.39 is 0 Å². The average molecular weight is 379 g/mol. The molecule has 27 heavy (non-hydrogen) atoms. The minimum Gasteiger partial charge on any atom is -0.483 e. The Hall–Kier alpha value is -2.73. The second-order valence-electron chi connectivity index (χ2n) is 6.56. The molecule has 1 N–H and O–H groups in total. The van der Waals surface area contributed by atoms with Crippen LogP contribution in [0.25, 0.3) is 11.3 Å². The predicted molar refractivity (Wildman–Crippen MR) is 108 cm³/mol. The van der Waals surface area contributed by atoms with Crippen molar-refractivity contribution in [3.05, 3.63) is 59.8 Å². The number of amides is 1. The van der Waals surface area contributed by atoms with Gasteiger partial charge in [0.05, 0.1) is 5.69 Å². The molecule has 0 radical (unpaired) electrons. The summed E-state index contributed by atoms with van der Waals surface area (Å²) in [6.45, 7) is 5.02. The van der Waals surface area contributed by atoms with E-state index in [1.54, 1.807) is 11.8 Å². The number of benzene rings is 2. The number of rotatable bonds is 5. The van der Waals surface area contributed by atoms with Crippen LogP contribution < -0.4 is 10.1 Å². The first kappa shape index (κ1) is 17.7. The summed E-state index contributed by atoms with van der Waals surface area (Å²) < 4.78 is 7.83. The van der Waals surface area contributed by atoms with Gasteiger partial charge in [-0.1, -0.05) is 36.0 Å². The van der Waals surface area contributed by atoms with Gasteiger partial charge in [-0.2, -0.15) is 0 Å². The van der Waals surface area contributed by atoms with Gasteiger partial charge < -0.3 is 14.6 Å². The maximum atomic E-state index is 12.2. The van der Waals surface area contributed by atoms with E-state index >= 15 is 0 Å². The van der Waals surface area contributed by atoms with E-state index in [-0.39, 0.29) is 12.5 Å². The summed E-state index contributed by atoms with van der Waals surface area (Å²) in [5.41, 5.74) is 4.96. The molecule has 0 aliphatic carbocycles. The first-order valence-corrected chi connectivity index (χ1v) is 9.88. The third kappa shape index (κ3) is 3.85. The minimum absolute atomic E-state index is 0.0168. The van der Waals surface area contributed by atoms with Gasteiger partial charge >= 0.3 is 0 Å². The van der Waals surface area contributed by atoms with Gasteiger partial charge in [0.15, 0.2) is 11.8 Å². The quantitative estimate of drug-likeness (QED) is 0.718. The smallest absolute Gasteiger partial charge is 0.262 e. The first-order chi connectivity index (χ1) is 13.1. The molecule has 0 bridgehead atoms. The highest BCUT2D eigenvalue weighted by atomic mass is 32.2. The molecule has 0 unspecified atom stereocenters. The molecule has 1 aliphatic rings. The summed E-state index contributed by atoms with van der Waals surface area (Å²) >= 11 is 1.78. The number of hydrogen-bond acceptors (Lipinski definition) is 4.